The first-order valence-corrected chi connectivity index (χ1v) is 7.45. The molecular weight excluding hydrogens is 294 g/mol. The summed E-state index contributed by atoms with van der Waals surface area (Å²) in [5.74, 6) is -0.259. The summed E-state index contributed by atoms with van der Waals surface area (Å²) < 4.78 is 0. The summed E-state index contributed by atoms with van der Waals surface area (Å²) >= 11 is 0. The second-order valence-corrected chi connectivity index (χ2v) is 5.56. The van der Waals surface area contributed by atoms with Gasteiger partial charge in [-0.3, -0.25) is 14.9 Å². The maximum atomic E-state index is 12.1. The monoisotopic (exact) mass is 315 g/mol. The maximum absolute atomic E-state index is 12.1. The third-order valence-corrected chi connectivity index (χ3v) is 3.27. The van der Waals surface area contributed by atoms with E-state index >= 15 is 0 Å². The van der Waals surface area contributed by atoms with Crippen molar-refractivity contribution in [2.75, 3.05) is 0 Å². The highest BCUT2D eigenvalue weighted by Crippen LogP contribution is 2.12. The molecule has 0 aromatic heterocycles. The lowest BCUT2D eigenvalue weighted by molar-refractivity contribution is -0.126. The fraction of sp³-hybridized carbons (Fsp3) is 0.375. The standard InChI is InChI=1S/C16H21N5O2/c1-10(2)20-21-16-18-13(15(23)19-16)9-14(22)17-11(3)12-7-5-4-6-8-12/h4-8,11,13H,9H2,1-3H3,(H,17,22)(H2,18,19,21,23). The van der Waals surface area contributed by atoms with Gasteiger partial charge in [-0.05, 0) is 26.3 Å². The SMILES string of the molecule is CC(C)=NNC1=NC(CC(=O)NC(C)c2ccccc2)C(=O)N1. The van der Waals surface area contributed by atoms with Crippen LogP contribution in [-0.4, -0.2) is 29.5 Å². The van der Waals surface area contributed by atoms with Crippen LogP contribution in [0.4, 0.5) is 0 Å². The largest absolute Gasteiger partial charge is 0.350 e. The highest BCUT2D eigenvalue weighted by Gasteiger charge is 2.28. The summed E-state index contributed by atoms with van der Waals surface area (Å²) in [5.41, 5.74) is 4.47. The molecular formula is C16H21N5O2. The minimum atomic E-state index is -0.729. The van der Waals surface area contributed by atoms with E-state index in [1.165, 1.54) is 0 Å². The molecule has 1 aromatic rings. The molecule has 0 bridgehead atoms. The second-order valence-electron chi connectivity index (χ2n) is 5.56. The zero-order valence-corrected chi connectivity index (χ0v) is 13.5. The van der Waals surface area contributed by atoms with Gasteiger partial charge in [-0.15, -0.1) is 0 Å². The smallest absolute Gasteiger partial charge is 0.252 e. The Hall–Kier alpha value is -2.70. The summed E-state index contributed by atoms with van der Waals surface area (Å²) in [5, 5.41) is 9.40. The summed E-state index contributed by atoms with van der Waals surface area (Å²) in [6.45, 7) is 5.54. The van der Waals surface area contributed by atoms with Crippen LogP contribution in [0.5, 0.6) is 0 Å². The quantitative estimate of drug-likeness (QED) is 0.561. The molecule has 3 N–H and O–H groups in total. The van der Waals surface area contributed by atoms with Crippen molar-refractivity contribution in [1.82, 2.24) is 16.1 Å². The van der Waals surface area contributed by atoms with E-state index < -0.39 is 6.04 Å². The van der Waals surface area contributed by atoms with Crippen molar-refractivity contribution >= 4 is 23.5 Å². The van der Waals surface area contributed by atoms with E-state index in [0.29, 0.717) is 0 Å². The molecule has 0 saturated carbocycles. The average Bonchev–Trinajstić information content (AvgIpc) is 2.86. The van der Waals surface area contributed by atoms with E-state index in [4.69, 9.17) is 0 Å². The Kier molecular flexibility index (Phi) is 5.46. The van der Waals surface area contributed by atoms with E-state index in [1.807, 2.05) is 51.1 Å². The first-order valence-electron chi connectivity index (χ1n) is 7.45. The van der Waals surface area contributed by atoms with Gasteiger partial charge in [-0.1, -0.05) is 30.3 Å². The van der Waals surface area contributed by atoms with Crippen molar-refractivity contribution in [3.05, 3.63) is 35.9 Å². The number of benzene rings is 1. The van der Waals surface area contributed by atoms with Gasteiger partial charge in [0.1, 0.15) is 6.04 Å². The van der Waals surface area contributed by atoms with Crippen molar-refractivity contribution in [2.24, 2.45) is 10.1 Å². The van der Waals surface area contributed by atoms with Crippen LogP contribution >= 0.6 is 0 Å². The summed E-state index contributed by atoms with van der Waals surface area (Å²) in [7, 11) is 0. The van der Waals surface area contributed by atoms with Gasteiger partial charge in [0.2, 0.25) is 11.9 Å². The number of guanidine groups is 1. The van der Waals surface area contributed by atoms with Gasteiger partial charge in [0.15, 0.2) is 0 Å². The zero-order chi connectivity index (χ0) is 16.8. The summed E-state index contributed by atoms with van der Waals surface area (Å²) in [6.07, 6.45) is 0.00298. The number of hydrogen-bond acceptors (Lipinski definition) is 5. The van der Waals surface area contributed by atoms with Gasteiger partial charge in [0, 0.05) is 5.71 Å². The van der Waals surface area contributed by atoms with Crippen molar-refractivity contribution in [3.63, 3.8) is 0 Å². The summed E-state index contributed by atoms with van der Waals surface area (Å²) in [6, 6.07) is 8.79. The van der Waals surface area contributed by atoms with E-state index in [1.54, 1.807) is 0 Å². The number of nitrogens with one attached hydrogen (secondary N) is 3. The van der Waals surface area contributed by atoms with E-state index in [2.05, 4.69) is 26.2 Å². The Morgan fingerprint density at radius 3 is 2.70 bits per heavy atom. The molecule has 122 valence electrons. The number of carbonyl (C=O) groups excluding carboxylic acids is 2. The first kappa shape index (κ1) is 16.7. The van der Waals surface area contributed by atoms with Crippen molar-refractivity contribution in [1.29, 1.82) is 0 Å². The lowest BCUT2D eigenvalue weighted by Gasteiger charge is -2.14. The van der Waals surface area contributed by atoms with Crippen LogP contribution in [0.3, 0.4) is 0 Å². The fourth-order valence-electron chi connectivity index (χ4n) is 2.11. The molecule has 0 radical (unpaired) electrons. The van der Waals surface area contributed by atoms with Crippen LogP contribution in [0.1, 0.15) is 38.8 Å². The molecule has 2 atom stereocenters. The van der Waals surface area contributed by atoms with Gasteiger partial charge in [0.05, 0.1) is 12.5 Å². The minimum Gasteiger partial charge on any atom is -0.350 e. The van der Waals surface area contributed by atoms with Crippen molar-refractivity contribution < 1.29 is 9.59 Å². The van der Waals surface area contributed by atoms with Gasteiger partial charge in [-0.2, -0.15) is 5.10 Å². The predicted molar refractivity (Wildman–Crippen MR) is 88.9 cm³/mol. The highest BCUT2D eigenvalue weighted by molar-refractivity contribution is 6.06. The molecule has 0 saturated heterocycles. The lowest BCUT2D eigenvalue weighted by Crippen LogP contribution is -2.37. The second kappa shape index (κ2) is 7.53. The average molecular weight is 315 g/mol. The number of hydrogen-bond donors (Lipinski definition) is 3. The molecule has 23 heavy (non-hydrogen) atoms. The molecule has 0 aliphatic carbocycles. The molecule has 1 aliphatic heterocycles. The molecule has 7 heteroatoms. The van der Waals surface area contributed by atoms with E-state index in [0.717, 1.165) is 11.3 Å². The third-order valence-electron chi connectivity index (χ3n) is 3.27. The van der Waals surface area contributed by atoms with Crippen LogP contribution in [0.2, 0.25) is 0 Å². The third kappa shape index (κ3) is 4.91. The van der Waals surface area contributed by atoms with Crippen LogP contribution in [0, 0.1) is 0 Å². The normalized spacial score (nSPS) is 17.8. The molecule has 0 spiro atoms. The van der Waals surface area contributed by atoms with Crippen LogP contribution in [0.25, 0.3) is 0 Å². The van der Waals surface area contributed by atoms with E-state index in [9.17, 15) is 9.59 Å². The number of hydrazone groups is 1. The summed E-state index contributed by atoms with van der Waals surface area (Å²) in [4.78, 5) is 28.1. The predicted octanol–water partition coefficient (Wildman–Crippen LogP) is 1.09. The molecule has 1 aromatic carbocycles. The Balaban J connectivity index is 1.90. The maximum Gasteiger partial charge on any atom is 0.252 e. The highest BCUT2D eigenvalue weighted by atomic mass is 16.2. The minimum absolute atomic E-state index is 0.00298. The topological polar surface area (TPSA) is 94.9 Å². The van der Waals surface area contributed by atoms with Crippen molar-refractivity contribution in [3.8, 4) is 0 Å². The van der Waals surface area contributed by atoms with Gasteiger partial charge < -0.3 is 5.32 Å². The molecule has 2 unspecified atom stereocenters. The van der Waals surface area contributed by atoms with Crippen LogP contribution in [0.15, 0.2) is 40.4 Å². The number of aliphatic imine (C=N–C) groups is 1. The number of amides is 2. The van der Waals surface area contributed by atoms with Gasteiger partial charge in [-0.25, -0.2) is 10.4 Å². The van der Waals surface area contributed by atoms with Crippen LogP contribution in [-0.2, 0) is 9.59 Å². The zero-order valence-electron chi connectivity index (χ0n) is 13.5. The molecule has 1 heterocycles. The molecule has 0 fully saturated rings. The van der Waals surface area contributed by atoms with Crippen molar-refractivity contribution in [2.45, 2.75) is 39.3 Å². The number of rotatable bonds is 5. The Morgan fingerprint density at radius 2 is 2.04 bits per heavy atom. The first-order chi connectivity index (χ1) is 11.0. The molecule has 2 amide bonds. The molecule has 1 aliphatic rings. The van der Waals surface area contributed by atoms with E-state index in [-0.39, 0.29) is 30.2 Å². The lowest BCUT2D eigenvalue weighted by atomic mass is 10.1. The van der Waals surface area contributed by atoms with Crippen LogP contribution < -0.4 is 16.1 Å². The molecule has 7 nitrogen and oxygen atoms in total. The number of carbonyl (C=O) groups is 2. The number of nitrogens with zero attached hydrogens (tertiary/aromatic N) is 2. The molecule has 2 rings (SSSR count). The van der Waals surface area contributed by atoms with Gasteiger partial charge in [0.25, 0.3) is 5.91 Å². The Morgan fingerprint density at radius 1 is 1.35 bits per heavy atom. The fourth-order valence-corrected chi connectivity index (χ4v) is 2.11. The Labute approximate surface area is 135 Å². The Bertz CT molecular complexity index is 635. The van der Waals surface area contributed by atoms with Gasteiger partial charge >= 0.3 is 0 Å².